The molecule has 2 aromatic rings. The highest BCUT2D eigenvalue weighted by Gasteiger charge is 2.46. The molecule has 0 spiro atoms. The first kappa shape index (κ1) is 20.5. The minimum Gasteiger partial charge on any atom is -0.489 e. The maximum atomic E-state index is 13.7. The summed E-state index contributed by atoms with van der Waals surface area (Å²) in [6.45, 7) is 1.58. The first-order chi connectivity index (χ1) is 15.0. The number of amides is 1. The van der Waals surface area contributed by atoms with Crippen molar-refractivity contribution in [2.24, 2.45) is 0 Å². The number of aryl methyl sites for hydroxylation is 2. The molecule has 0 saturated carbocycles. The van der Waals surface area contributed by atoms with Gasteiger partial charge in [-0.1, -0.05) is 24.3 Å². The van der Waals surface area contributed by atoms with Crippen LogP contribution in [-0.4, -0.2) is 55.3 Å². The topological polar surface area (TPSA) is 66.9 Å². The molecule has 0 radical (unpaired) electrons. The Morgan fingerprint density at radius 1 is 0.935 bits per heavy atom. The van der Waals surface area contributed by atoms with Crippen LogP contribution in [0.2, 0.25) is 0 Å². The molecule has 31 heavy (non-hydrogen) atoms. The highest BCUT2D eigenvalue weighted by atomic mass is 32.2. The van der Waals surface area contributed by atoms with Gasteiger partial charge >= 0.3 is 0 Å². The highest BCUT2D eigenvalue weighted by molar-refractivity contribution is 7.89. The molecule has 2 saturated heterocycles. The molecule has 0 aromatic heterocycles. The minimum absolute atomic E-state index is 0.0959. The number of sulfonamides is 1. The summed E-state index contributed by atoms with van der Waals surface area (Å²) in [5.41, 5.74) is 2.34. The van der Waals surface area contributed by atoms with Crippen LogP contribution in [0.3, 0.4) is 0 Å². The Bertz CT molecular complexity index is 1060. The van der Waals surface area contributed by atoms with Crippen molar-refractivity contribution in [2.75, 3.05) is 19.6 Å². The number of para-hydroxylation sites is 1. The zero-order valence-corrected chi connectivity index (χ0v) is 18.4. The smallest absolute Gasteiger partial charge is 0.243 e. The van der Waals surface area contributed by atoms with E-state index in [9.17, 15) is 13.2 Å². The zero-order valence-electron chi connectivity index (χ0n) is 17.6. The van der Waals surface area contributed by atoms with Crippen LogP contribution >= 0.6 is 0 Å². The molecule has 0 bridgehead atoms. The second kappa shape index (κ2) is 8.28. The standard InChI is InChI=1S/C24H28N2O4S/c27-24(25-13-4-5-14-25)23-16-21(30-20-9-2-1-3-10-20)17-26(23)31(28,29)22-12-11-18-7-6-8-19(18)15-22/h1-3,9-12,15,21,23H,4-8,13-14,16-17H2/t21-,23-/m0/s1. The highest BCUT2D eigenvalue weighted by Crippen LogP contribution is 2.32. The van der Waals surface area contributed by atoms with Gasteiger partial charge in [-0.2, -0.15) is 4.31 Å². The fourth-order valence-corrected chi connectivity index (χ4v) is 6.70. The molecule has 0 unspecified atom stereocenters. The lowest BCUT2D eigenvalue weighted by Crippen LogP contribution is -2.46. The van der Waals surface area contributed by atoms with E-state index >= 15 is 0 Å². The van der Waals surface area contributed by atoms with Gasteiger partial charge in [0.15, 0.2) is 0 Å². The lowest BCUT2D eigenvalue weighted by molar-refractivity contribution is -0.133. The van der Waals surface area contributed by atoms with E-state index in [0.29, 0.717) is 25.3 Å². The van der Waals surface area contributed by atoms with Crippen LogP contribution in [0.15, 0.2) is 53.4 Å². The Labute approximate surface area is 183 Å². The van der Waals surface area contributed by atoms with Gasteiger partial charge in [0.05, 0.1) is 11.4 Å². The molecule has 2 heterocycles. The van der Waals surface area contributed by atoms with E-state index in [2.05, 4.69) is 0 Å². The Morgan fingerprint density at radius 3 is 2.45 bits per heavy atom. The summed E-state index contributed by atoms with van der Waals surface area (Å²) in [4.78, 5) is 15.4. The average molecular weight is 441 g/mol. The molecule has 1 aliphatic carbocycles. The first-order valence-corrected chi connectivity index (χ1v) is 12.6. The summed E-state index contributed by atoms with van der Waals surface area (Å²) in [5.74, 6) is 0.595. The minimum atomic E-state index is -3.80. The Morgan fingerprint density at radius 2 is 1.68 bits per heavy atom. The molecular formula is C24H28N2O4S. The third-order valence-electron chi connectivity index (χ3n) is 6.64. The number of carbonyl (C=O) groups excluding carboxylic acids is 1. The Hall–Kier alpha value is -2.38. The molecule has 2 fully saturated rings. The fourth-order valence-electron chi connectivity index (χ4n) is 5.03. The number of likely N-dealkylation sites (tertiary alicyclic amines) is 1. The molecule has 7 heteroatoms. The predicted octanol–water partition coefficient (Wildman–Crippen LogP) is 3.01. The summed E-state index contributed by atoms with van der Waals surface area (Å²) in [6.07, 6.45) is 4.93. The SMILES string of the molecule is O=C([C@@H]1C[C@H](Oc2ccccc2)CN1S(=O)(=O)c1ccc2c(c1)CCC2)N1CCCC1. The lowest BCUT2D eigenvalue weighted by Gasteiger charge is -2.27. The number of nitrogens with zero attached hydrogens (tertiary/aromatic N) is 2. The summed E-state index contributed by atoms with van der Waals surface area (Å²) < 4.78 is 34.8. The van der Waals surface area contributed by atoms with Gasteiger partial charge in [-0.3, -0.25) is 4.79 Å². The molecule has 5 rings (SSSR count). The van der Waals surface area contributed by atoms with Crippen LogP contribution in [0.4, 0.5) is 0 Å². The van der Waals surface area contributed by atoms with Crippen molar-refractivity contribution in [1.82, 2.24) is 9.21 Å². The average Bonchev–Trinajstić information content (AvgIpc) is 3.53. The van der Waals surface area contributed by atoms with Gasteiger partial charge < -0.3 is 9.64 Å². The van der Waals surface area contributed by atoms with E-state index in [0.717, 1.165) is 37.7 Å². The van der Waals surface area contributed by atoms with Gasteiger partial charge in [0.1, 0.15) is 17.9 Å². The van der Waals surface area contributed by atoms with Crippen LogP contribution in [0.1, 0.15) is 36.8 Å². The molecule has 6 nitrogen and oxygen atoms in total. The molecular weight excluding hydrogens is 412 g/mol. The van der Waals surface area contributed by atoms with E-state index in [1.807, 2.05) is 36.4 Å². The van der Waals surface area contributed by atoms with Gasteiger partial charge in [-0.15, -0.1) is 0 Å². The van der Waals surface area contributed by atoms with Crippen LogP contribution < -0.4 is 4.74 Å². The van der Waals surface area contributed by atoms with Crippen LogP contribution in [0.5, 0.6) is 5.75 Å². The second-order valence-electron chi connectivity index (χ2n) is 8.70. The predicted molar refractivity (Wildman–Crippen MR) is 117 cm³/mol. The first-order valence-electron chi connectivity index (χ1n) is 11.2. The summed E-state index contributed by atoms with van der Waals surface area (Å²) in [5, 5.41) is 0. The molecule has 2 aromatic carbocycles. The van der Waals surface area contributed by atoms with Gasteiger partial charge in [0, 0.05) is 19.5 Å². The third-order valence-corrected chi connectivity index (χ3v) is 8.51. The number of carbonyl (C=O) groups is 1. The molecule has 2 atom stereocenters. The van der Waals surface area contributed by atoms with Gasteiger partial charge in [0.25, 0.3) is 0 Å². The van der Waals surface area contributed by atoms with E-state index in [-0.39, 0.29) is 23.5 Å². The van der Waals surface area contributed by atoms with Crippen LogP contribution in [-0.2, 0) is 27.7 Å². The molecule has 2 aliphatic heterocycles. The summed E-state index contributed by atoms with van der Waals surface area (Å²) in [6, 6.07) is 14.1. The molecule has 0 N–H and O–H groups in total. The Balaban J connectivity index is 1.44. The van der Waals surface area contributed by atoms with Crippen molar-refractivity contribution in [1.29, 1.82) is 0 Å². The number of rotatable bonds is 5. The largest absolute Gasteiger partial charge is 0.489 e. The van der Waals surface area contributed by atoms with E-state index in [4.69, 9.17) is 4.74 Å². The number of benzene rings is 2. The van der Waals surface area contributed by atoms with Crippen molar-refractivity contribution in [3.63, 3.8) is 0 Å². The number of hydrogen-bond acceptors (Lipinski definition) is 4. The van der Waals surface area contributed by atoms with E-state index in [1.165, 1.54) is 9.87 Å². The van der Waals surface area contributed by atoms with E-state index < -0.39 is 16.1 Å². The maximum Gasteiger partial charge on any atom is 0.243 e. The monoisotopic (exact) mass is 440 g/mol. The van der Waals surface area contributed by atoms with Crippen molar-refractivity contribution in [3.05, 3.63) is 59.7 Å². The number of fused-ring (bicyclic) bond motifs is 1. The molecule has 3 aliphatic rings. The second-order valence-corrected chi connectivity index (χ2v) is 10.6. The zero-order chi connectivity index (χ0) is 21.4. The lowest BCUT2D eigenvalue weighted by atomic mass is 10.1. The van der Waals surface area contributed by atoms with Gasteiger partial charge in [-0.25, -0.2) is 8.42 Å². The quantitative estimate of drug-likeness (QED) is 0.717. The summed E-state index contributed by atoms with van der Waals surface area (Å²) in [7, 11) is -3.80. The number of hydrogen-bond donors (Lipinski definition) is 0. The number of ether oxygens (including phenoxy) is 1. The van der Waals surface area contributed by atoms with E-state index in [1.54, 1.807) is 17.0 Å². The van der Waals surface area contributed by atoms with Crippen LogP contribution in [0, 0.1) is 0 Å². The van der Waals surface area contributed by atoms with Crippen molar-refractivity contribution in [3.8, 4) is 5.75 Å². The maximum absolute atomic E-state index is 13.7. The normalized spacial score (nSPS) is 23.8. The summed E-state index contributed by atoms with van der Waals surface area (Å²) >= 11 is 0. The van der Waals surface area contributed by atoms with Gasteiger partial charge in [0.2, 0.25) is 15.9 Å². The third kappa shape index (κ3) is 3.96. The van der Waals surface area contributed by atoms with Crippen LogP contribution in [0.25, 0.3) is 0 Å². The molecule has 164 valence electrons. The Kier molecular flexibility index (Phi) is 5.48. The van der Waals surface area contributed by atoms with Crippen molar-refractivity contribution in [2.45, 2.75) is 55.6 Å². The van der Waals surface area contributed by atoms with Crippen molar-refractivity contribution >= 4 is 15.9 Å². The van der Waals surface area contributed by atoms with Crippen molar-refractivity contribution < 1.29 is 17.9 Å². The fraction of sp³-hybridized carbons (Fsp3) is 0.458. The molecule has 1 amide bonds. The van der Waals surface area contributed by atoms with Gasteiger partial charge in [-0.05, 0) is 67.5 Å².